The van der Waals surface area contributed by atoms with Crippen LogP contribution < -0.4 is 5.32 Å². The highest BCUT2D eigenvalue weighted by molar-refractivity contribution is 5.83. The van der Waals surface area contributed by atoms with Gasteiger partial charge in [0.25, 0.3) is 0 Å². The molecule has 0 aromatic rings. The van der Waals surface area contributed by atoms with Crippen molar-refractivity contribution in [3.63, 3.8) is 0 Å². The van der Waals surface area contributed by atoms with E-state index < -0.39 is 24.0 Å². The maximum Gasteiger partial charge on any atom is 0.326 e. The molecule has 0 heterocycles. The second-order valence-electron chi connectivity index (χ2n) is 5.60. The third kappa shape index (κ3) is 7.53. The predicted molar refractivity (Wildman–Crippen MR) is 77.9 cm³/mol. The molecular weight excluding hydrogens is 276 g/mol. The number of methoxy groups -OCH3 is 1. The fourth-order valence-corrected chi connectivity index (χ4v) is 1.78. The third-order valence-electron chi connectivity index (χ3n) is 2.91. The summed E-state index contributed by atoms with van der Waals surface area (Å²) in [4.78, 5) is 36.0. The lowest BCUT2D eigenvalue weighted by molar-refractivity contribution is -0.142. The van der Waals surface area contributed by atoms with Gasteiger partial charge in [0.15, 0.2) is 0 Å². The molecule has 0 bridgehead atoms. The quantitative estimate of drug-likeness (QED) is 0.662. The van der Waals surface area contributed by atoms with Gasteiger partial charge in [-0.3, -0.25) is 4.79 Å². The van der Waals surface area contributed by atoms with E-state index in [4.69, 9.17) is 5.11 Å². The molecule has 0 fully saturated rings. The molecule has 0 aromatic heterocycles. The van der Waals surface area contributed by atoms with E-state index >= 15 is 0 Å². The van der Waals surface area contributed by atoms with Crippen molar-refractivity contribution in [2.24, 2.45) is 5.92 Å². The lowest BCUT2D eigenvalue weighted by atomic mass is 10.1. The van der Waals surface area contributed by atoms with Crippen LogP contribution in [0.1, 0.15) is 40.5 Å². The van der Waals surface area contributed by atoms with Crippen LogP contribution in [0.5, 0.6) is 0 Å². The minimum Gasteiger partial charge on any atom is -0.480 e. The SMILES string of the molecule is COC(=O)CC[C@@H](NC(=O)N(CC(C)C)C(C)C)C(=O)O. The van der Waals surface area contributed by atoms with Crippen LogP contribution >= 0.6 is 0 Å². The summed E-state index contributed by atoms with van der Waals surface area (Å²) in [6, 6.07) is -1.58. The highest BCUT2D eigenvalue weighted by Gasteiger charge is 2.25. The van der Waals surface area contributed by atoms with Crippen LogP contribution in [0, 0.1) is 5.92 Å². The van der Waals surface area contributed by atoms with Gasteiger partial charge < -0.3 is 20.1 Å². The van der Waals surface area contributed by atoms with Crippen molar-refractivity contribution in [1.29, 1.82) is 0 Å². The monoisotopic (exact) mass is 302 g/mol. The molecule has 0 aliphatic rings. The molecule has 0 unspecified atom stereocenters. The van der Waals surface area contributed by atoms with Crippen LogP contribution in [-0.4, -0.2) is 53.7 Å². The highest BCUT2D eigenvalue weighted by Crippen LogP contribution is 2.07. The number of nitrogens with one attached hydrogen (secondary N) is 1. The summed E-state index contributed by atoms with van der Waals surface area (Å²) in [5.41, 5.74) is 0. The van der Waals surface area contributed by atoms with E-state index in [-0.39, 0.29) is 24.8 Å². The topological polar surface area (TPSA) is 95.9 Å². The lowest BCUT2D eigenvalue weighted by Crippen LogP contribution is -2.51. The van der Waals surface area contributed by atoms with E-state index in [1.54, 1.807) is 4.90 Å². The molecule has 2 amide bonds. The summed E-state index contributed by atoms with van der Waals surface area (Å²) in [7, 11) is 1.24. The molecule has 0 aromatic carbocycles. The summed E-state index contributed by atoms with van der Waals surface area (Å²) in [5, 5.41) is 11.6. The first kappa shape index (κ1) is 19.2. The Morgan fingerprint density at radius 3 is 2.14 bits per heavy atom. The summed E-state index contributed by atoms with van der Waals surface area (Å²) < 4.78 is 4.47. The molecule has 1 atom stereocenters. The number of carbonyl (C=O) groups excluding carboxylic acids is 2. The number of rotatable bonds is 8. The molecule has 0 aliphatic carbocycles. The third-order valence-corrected chi connectivity index (χ3v) is 2.91. The molecule has 21 heavy (non-hydrogen) atoms. The predicted octanol–water partition coefficient (Wildman–Crippen LogP) is 1.47. The Bertz CT molecular complexity index is 368. The van der Waals surface area contributed by atoms with Gasteiger partial charge in [0.1, 0.15) is 6.04 Å². The molecule has 7 nitrogen and oxygen atoms in total. The zero-order valence-corrected chi connectivity index (χ0v) is 13.4. The van der Waals surface area contributed by atoms with Gasteiger partial charge in [-0.2, -0.15) is 0 Å². The maximum atomic E-state index is 12.2. The smallest absolute Gasteiger partial charge is 0.326 e. The molecule has 7 heteroatoms. The molecule has 2 N–H and O–H groups in total. The Kier molecular flexibility index (Phi) is 8.42. The van der Waals surface area contributed by atoms with Crippen molar-refractivity contribution >= 4 is 18.0 Å². The summed E-state index contributed by atoms with van der Waals surface area (Å²) in [6.45, 7) is 8.23. The zero-order valence-electron chi connectivity index (χ0n) is 13.4. The van der Waals surface area contributed by atoms with Crippen LogP contribution in [0.3, 0.4) is 0 Å². The summed E-state index contributed by atoms with van der Waals surface area (Å²) in [6.07, 6.45) is -0.0546. The highest BCUT2D eigenvalue weighted by atomic mass is 16.5. The van der Waals surface area contributed by atoms with Gasteiger partial charge in [-0.05, 0) is 26.2 Å². The molecule has 122 valence electrons. The first-order valence-corrected chi connectivity index (χ1v) is 7.05. The van der Waals surface area contributed by atoms with E-state index in [0.717, 1.165) is 0 Å². The van der Waals surface area contributed by atoms with Crippen LogP contribution in [-0.2, 0) is 14.3 Å². The van der Waals surface area contributed by atoms with Crippen molar-refractivity contribution < 1.29 is 24.2 Å². The van der Waals surface area contributed by atoms with E-state index in [0.29, 0.717) is 6.54 Å². The Hall–Kier alpha value is -1.79. The number of urea groups is 1. The average molecular weight is 302 g/mol. The normalized spacial score (nSPS) is 12.1. The van der Waals surface area contributed by atoms with Gasteiger partial charge in [-0.1, -0.05) is 13.8 Å². The van der Waals surface area contributed by atoms with E-state index in [1.165, 1.54) is 7.11 Å². The Labute approximate surface area is 125 Å². The Morgan fingerprint density at radius 2 is 1.76 bits per heavy atom. The number of carboxylic acids is 1. The number of ether oxygens (including phenoxy) is 1. The van der Waals surface area contributed by atoms with Crippen molar-refractivity contribution in [3.05, 3.63) is 0 Å². The van der Waals surface area contributed by atoms with E-state index in [1.807, 2.05) is 27.7 Å². The van der Waals surface area contributed by atoms with E-state index in [2.05, 4.69) is 10.1 Å². The molecule has 0 aliphatic heterocycles. The van der Waals surface area contributed by atoms with Gasteiger partial charge in [0.2, 0.25) is 0 Å². The Balaban J connectivity index is 4.70. The minimum atomic E-state index is -1.17. The maximum absolute atomic E-state index is 12.2. The van der Waals surface area contributed by atoms with Crippen LogP contribution in [0.2, 0.25) is 0 Å². The molecule has 0 saturated heterocycles. The summed E-state index contributed by atoms with van der Waals surface area (Å²) in [5.74, 6) is -1.39. The standard InChI is InChI=1S/C14H26N2O5/c1-9(2)8-16(10(3)4)14(20)15-11(13(18)19)6-7-12(17)21-5/h9-11H,6-8H2,1-5H3,(H,15,20)(H,18,19)/t11-/m1/s1. The number of hydrogen-bond acceptors (Lipinski definition) is 4. The second-order valence-corrected chi connectivity index (χ2v) is 5.60. The average Bonchev–Trinajstić information content (AvgIpc) is 2.38. The van der Waals surface area contributed by atoms with Crippen LogP contribution in [0.15, 0.2) is 0 Å². The minimum absolute atomic E-state index is 0.00135. The van der Waals surface area contributed by atoms with Gasteiger partial charge in [-0.15, -0.1) is 0 Å². The van der Waals surface area contributed by atoms with Crippen molar-refractivity contribution in [2.45, 2.75) is 52.6 Å². The molecule has 0 saturated carbocycles. The number of amides is 2. The largest absolute Gasteiger partial charge is 0.480 e. The number of carboxylic acid groups (broad SMARTS) is 1. The van der Waals surface area contributed by atoms with Crippen molar-refractivity contribution in [3.8, 4) is 0 Å². The molecule has 0 rings (SSSR count). The summed E-state index contributed by atoms with van der Waals surface area (Å²) >= 11 is 0. The van der Waals surface area contributed by atoms with Crippen LogP contribution in [0.4, 0.5) is 4.79 Å². The number of aliphatic carboxylic acids is 1. The number of nitrogens with zero attached hydrogens (tertiary/aromatic N) is 1. The first-order valence-electron chi connectivity index (χ1n) is 7.05. The van der Waals surface area contributed by atoms with Gasteiger partial charge in [0, 0.05) is 19.0 Å². The van der Waals surface area contributed by atoms with Crippen molar-refractivity contribution in [1.82, 2.24) is 10.2 Å². The number of hydrogen-bond donors (Lipinski definition) is 2. The zero-order chi connectivity index (χ0) is 16.6. The van der Waals surface area contributed by atoms with E-state index in [9.17, 15) is 14.4 Å². The fourth-order valence-electron chi connectivity index (χ4n) is 1.78. The number of esters is 1. The van der Waals surface area contributed by atoms with Crippen molar-refractivity contribution in [2.75, 3.05) is 13.7 Å². The van der Waals surface area contributed by atoms with Gasteiger partial charge in [-0.25, -0.2) is 9.59 Å². The fraction of sp³-hybridized carbons (Fsp3) is 0.786. The molecule has 0 radical (unpaired) electrons. The van der Waals surface area contributed by atoms with Crippen LogP contribution in [0.25, 0.3) is 0 Å². The second kappa shape index (κ2) is 9.20. The van der Waals surface area contributed by atoms with Gasteiger partial charge in [0.05, 0.1) is 7.11 Å². The number of carbonyl (C=O) groups is 3. The molecular formula is C14H26N2O5. The van der Waals surface area contributed by atoms with Gasteiger partial charge >= 0.3 is 18.0 Å². The Morgan fingerprint density at radius 1 is 1.19 bits per heavy atom. The first-order chi connectivity index (χ1) is 9.68. The molecule has 0 spiro atoms. The lowest BCUT2D eigenvalue weighted by Gasteiger charge is -2.30.